The van der Waals surface area contributed by atoms with Gasteiger partial charge in [0.25, 0.3) is 5.78 Å². The third-order valence-electron chi connectivity index (χ3n) is 4.52. The van der Waals surface area contributed by atoms with Gasteiger partial charge in [0.15, 0.2) is 5.82 Å². The Balaban J connectivity index is 1.71. The van der Waals surface area contributed by atoms with E-state index in [0.29, 0.717) is 11.5 Å². The number of aryl methyl sites for hydroxylation is 2. The van der Waals surface area contributed by atoms with Crippen LogP contribution in [0.4, 0.5) is 5.95 Å². The second-order valence-electron chi connectivity index (χ2n) is 6.26. The normalized spacial score (nSPS) is 15.9. The highest BCUT2D eigenvalue weighted by Gasteiger charge is 2.19. The first-order valence-corrected chi connectivity index (χ1v) is 8.51. The van der Waals surface area contributed by atoms with Gasteiger partial charge in [-0.25, -0.2) is 9.97 Å². The summed E-state index contributed by atoms with van der Waals surface area (Å²) >= 11 is 0. The van der Waals surface area contributed by atoms with Gasteiger partial charge >= 0.3 is 0 Å². The molecule has 25 heavy (non-hydrogen) atoms. The number of piperazine rings is 1. The van der Waals surface area contributed by atoms with Crippen molar-refractivity contribution < 1.29 is 0 Å². The highest BCUT2D eigenvalue weighted by atomic mass is 15.4. The molecule has 130 valence electrons. The van der Waals surface area contributed by atoms with E-state index in [0.717, 1.165) is 55.8 Å². The average molecular weight is 339 g/mol. The Labute approximate surface area is 145 Å². The molecule has 0 radical (unpaired) electrons. The molecule has 9 heteroatoms. The number of fused-ring (bicyclic) bond motifs is 1. The fourth-order valence-corrected chi connectivity index (χ4v) is 2.93. The number of aromatic nitrogens is 7. The van der Waals surface area contributed by atoms with Gasteiger partial charge in [-0.3, -0.25) is 0 Å². The predicted octanol–water partition coefficient (Wildman–Crippen LogP) is 0.599. The number of hydrogen-bond donors (Lipinski definition) is 0. The molecular formula is C16H21N9. The van der Waals surface area contributed by atoms with E-state index in [9.17, 15) is 0 Å². The summed E-state index contributed by atoms with van der Waals surface area (Å²) in [4.78, 5) is 18.0. The van der Waals surface area contributed by atoms with Crippen LogP contribution in [0.25, 0.3) is 17.2 Å². The lowest BCUT2D eigenvalue weighted by molar-refractivity contribution is 0.311. The van der Waals surface area contributed by atoms with E-state index in [1.165, 1.54) is 0 Å². The molecule has 0 aromatic carbocycles. The fourth-order valence-electron chi connectivity index (χ4n) is 2.93. The predicted molar refractivity (Wildman–Crippen MR) is 93.4 cm³/mol. The molecule has 4 rings (SSSR count). The molecule has 4 heterocycles. The molecule has 0 spiro atoms. The smallest absolute Gasteiger partial charge is 0.272 e. The Morgan fingerprint density at radius 3 is 2.64 bits per heavy atom. The fraction of sp³-hybridized carbons (Fsp3) is 0.500. The molecule has 1 saturated heterocycles. The molecule has 1 aliphatic rings. The van der Waals surface area contributed by atoms with Crippen molar-refractivity contribution in [3.05, 3.63) is 23.8 Å². The van der Waals surface area contributed by atoms with Gasteiger partial charge < -0.3 is 9.80 Å². The monoisotopic (exact) mass is 339 g/mol. The zero-order valence-electron chi connectivity index (χ0n) is 14.7. The Morgan fingerprint density at radius 1 is 1.08 bits per heavy atom. The molecule has 0 aliphatic carbocycles. The highest BCUT2D eigenvalue weighted by Crippen LogP contribution is 2.20. The molecule has 0 bridgehead atoms. The summed E-state index contributed by atoms with van der Waals surface area (Å²) in [5.74, 6) is 2.02. The summed E-state index contributed by atoms with van der Waals surface area (Å²) < 4.78 is 1.73. The molecule has 1 aliphatic heterocycles. The van der Waals surface area contributed by atoms with Gasteiger partial charge in [-0.15, -0.1) is 15.3 Å². The van der Waals surface area contributed by atoms with Gasteiger partial charge in [0.1, 0.15) is 5.69 Å². The third-order valence-corrected chi connectivity index (χ3v) is 4.52. The lowest BCUT2D eigenvalue weighted by atomic mass is 10.2. The van der Waals surface area contributed by atoms with E-state index in [1.807, 2.05) is 19.9 Å². The lowest BCUT2D eigenvalue weighted by Gasteiger charge is -2.32. The highest BCUT2D eigenvalue weighted by molar-refractivity contribution is 5.58. The third kappa shape index (κ3) is 2.91. The molecule has 0 atom stereocenters. The Hall–Kier alpha value is -2.68. The summed E-state index contributed by atoms with van der Waals surface area (Å²) in [5, 5.41) is 13.0. The van der Waals surface area contributed by atoms with Crippen molar-refractivity contribution in [3.63, 3.8) is 0 Å². The minimum absolute atomic E-state index is 0.520. The van der Waals surface area contributed by atoms with Gasteiger partial charge in [0, 0.05) is 38.8 Å². The van der Waals surface area contributed by atoms with Gasteiger partial charge in [-0.1, -0.05) is 6.92 Å². The van der Waals surface area contributed by atoms with Crippen LogP contribution in [0.2, 0.25) is 0 Å². The second kappa shape index (κ2) is 6.32. The molecule has 9 nitrogen and oxygen atoms in total. The minimum Gasteiger partial charge on any atom is -0.338 e. The van der Waals surface area contributed by atoms with Crippen molar-refractivity contribution in [1.82, 2.24) is 39.7 Å². The second-order valence-corrected chi connectivity index (χ2v) is 6.26. The van der Waals surface area contributed by atoms with Gasteiger partial charge in [0.2, 0.25) is 5.95 Å². The molecular weight excluding hydrogens is 318 g/mol. The Kier molecular flexibility index (Phi) is 4.00. The molecule has 0 N–H and O–H groups in total. The van der Waals surface area contributed by atoms with Crippen LogP contribution in [0.3, 0.4) is 0 Å². The van der Waals surface area contributed by atoms with Crippen molar-refractivity contribution in [1.29, 1.82) is 0 Å². The Morgan fingerprint density at radius 2 is 1.88 bits per heavy atom. The first kappa shape index (κ1) is 15.8. The van der Waals surface area contributed by atoms with Crippen LogP contribution in [0.5, 0.6) is 0 Å². The topological polar surface area (TPSA) is 88.2 Å². The van der Waals surface area contributed by atoms with Crippen LogP contribution in [0, 0.1) is 6.92 Å². The maximum atomic E-state index is 4.72. The van der Waals surface area contributed by atoms with Crippen LogP contribution < -0.4 is 4.90 Å². The first-order chi connectivity index (χ1) is 12.2. The number of anilines is 1. The van der Waals surface area contributed by atoms with E-state index in [2.05, 4.69) is 42.1 Å². The quantitative estimate of drug-likeness (QED) is 0.685. The first-order valence-electron chi connectivity index (χ1n) is 8.51. The van der Waals surface area contributed by atoms with Gasteiger partial charge in [-0.2, -0.15) is 9.50 Å². The number of hydrogen-bond acceptors (Lipinski definition) is 8. The maximum Gasteiger partial charge on any atom is 0.272 e. The van der Waals surface area contributed by atoms with Crippen molar-refractivity contribution >= 4 is 11.7 Å². The van der Waals surface area contributed by atoms with Crippen LogP contribution in [-0.4, -0.2) is 72.9 Å². The standard InChI is InChI=1S/C16H21N9/c1-4-13-19-16-21-20-14(11(2)25(16)22-13)12-5-6-17-15(18-12)24-9-7-23(3)8-10-24/h5-6H,4,7-10H2,1-3H3. The van der Waals surface area contributed by atoms with E-state index in [1.54, 1.807) is 10.7 Å². The van der Waals surface area contributed by atoms with Gasteiger partial charge in [0.05, 0.1) is 11.4 Å². The van der Waals surface area contributed by atoms with E-state index in [-0.39, 0.29) is 0 Å². The molecule has 3 aromatic heterocycles. The minimum atomic E-state index is 0.520. The van der Waals surface area contributed by atoms with Crippen molar-refractivity contribution in [2.24, 2.45) is 0 Å². The summed E-state index contributed by atoms with van der Waals surface area (Å²) in [6, 6.07) is 1.86. The van der Waals surface area contributed by atoms with Crippen LogP contribution >= 0.6 is 0 Å². The molecule has 0 saturated carbocycles. The summed E-state index contributed by atoms with van der Waals surface area (Å²) in [6.07, 6.45) is 2.54. The zero-order valence-corrected chi connectivity index (χ0v) is 14.7. The average Bonchev–Trinajstić information content (AvgIpc) is 3.07. The summed E-state index contributed by atoms with van der Waals surface area (Å²) in [7, 11) is 2.13. The molecule has 1 fully saturated rings. The van der Waals surface area contributed by atoms with E-state index < -0.39 is 0 Å². The van der Waals surface area contributed by atoms with Crippen molar-refractivity contribution in [3.8, 4) is 11.4 Å². The van der Waals surface area contributed by atoms with Crippen LogP contribution in [0.1, 0.15) is 18.4 Å². The molecule has 3 aromatic rings. The largest absolute Gasteiger partial charge is 0.338 e. The number of rotatable bonds is 3. The lowest BCUT2D eigenvalue weighted by Crippen LogP contribution is -2.45. The van der Waals surface area contributed by atoms with Crippen LogP contribution in [0.15, 0.2) is 12.3 Å². The zero-order chi connectivity index (χ0) is 17.4. The van der Waals surface area contributed by atoms with Crippen molar-refractivity contribution in [2.75, 3.05) is 38.1 Å². The van der Waals surface area contributed by atoms with Crippen molar-refractivity contribution in [2.45, 2.75) is 20.3 Å². The summed E-state index contributed by atoms with van der Waals surface area (Å²) in [6.45, 7) is 7.85. The maximum absolute atomic E-state index is 4.72. The molecule has 0 unspecified atom stereocenters. The number of nitrogens with zero attached hydrogens (tertiary/aromatic N) is 9. The van der Waals surface area contributed by atoms with E-state index in [4.69, 9.17) is 4.98 Å². The molecule has 0 amide bonds. The number of likely N-dealkylation sites (N-methyl/N-ethyl adjacent to an activating group) is 1. The summed E-state index contributed by atoms with van der Waals surface area (Å²) in [5.41, 5.74) is 2.34. The Bertz CT molecular complexity index is 896. The van der Waals surface area contributed by atoms with Crippen LogP contribution in [-0.2, 0) is 6.42 Å². The van der Waals surface area contributed by atoms with E-state index >= 15 is 0 Å². The SMILES string of the molecule is CCc1nc2nnc(-c3ccnc(N4CCN(C)CC4)n3)c(C)n2n1. The van der Waals surface area contributed by atoms with Gasteiger partial charge in [-0.05, 0) is 20.0 Å².